The minimum atomic E-state index is -0.224. The van der Waals surface area contributed by atoms with Gasteiger partial charge in [-0.25, -0.2) is 0 Å². The van der Waals surface area contributed by atoms with Crippen molar-refractivity contribution in [1.29, 1.82) is 0 Å². The van der Waals surface area contributed by atoms with Gasteiger partial charge in [0.15, 0.2) is 0 Å². The highest BCUT2D eigenvalue weighted by molar-refractivity contribution is 7.98. The van der Waals surface area contributed by atoms with Gasteiger partial charge in [-0.15, -0.1) is 11.8 Å². The number of amides is 2. The standard InChI is InChI=1S/C23H29N3O2S/c1-17(22(27)25-20-10-6-7-11-21(20)29-2)26-14-12-19(13-15-26)23(28)24-16-18-8-4-3-5-9-18/h3-11,17,19H,12-16H2,1-2H3,(H,24,28)(H,25,27). The van der Waals surface area contributed by atoms with Crippen LogP contribution in [-0.4, -0.2) is 42.1 Å². The molecule has 2 amide bonds. The number of thioether (sulfide) groups is 1. The second-order valence-corrected chi connectivity index (χ2v) is 8.23. The molecule has 29 heavy (non-hydrogen) atoms. The summed E-state index contributed by atoms with van der Waals surface area (Å²) in [5.41, 5.74) is 1.96. The van der Waals surface area contributed by atoms with Crippen LogP contribution >= 0.6 is 11.8 Å². The van der Waals surface area contributed by atoms with Crippen molar-refractivity contribution in [1.82, 2.24) is 10.2 Å². The molecule has 1 aliphatic heterocycles. The fraction of sp³-hybridized carbons (Fsp3) is 0.391. The Kier molecular flexibility index (Phi) is 7.72. The fourth-order valence-electron chi connectivity index (χ4n) is 3.63. The van der Waals surface area contributed by atoms with Gasteiger partial charge in [0.1, 0.15) is 0 Å². The van der Waals surface area contributed by atoms with E-state index in [9.17, 15) is 9.59 Å². The fourth-order valence-corrected chi connectivity index (χ4v) is 4.18. The zero-order valence-corrected chi connectivity index (χ0v) is 17.9. The van der Waals surface area contributed by atoms with E-state index in [1.54, 1.807) is 11.8 Å². The number of benzene rings is 2. The summed E-state index contributed by atoms with van der Waals surface area (Å²) in [5.74, 6) is 0.125. The number of likely N-dealkylation sites (tertiary alicyclic amines) is 1. The first-order valence-electron chi connectivity index (χ1n) is 10.1. The molecular weight excluding hydrogens is 382 g/mol. The normalized spacial score (nSPS) is 16.2. The quantitative estimate of drug-likeness (QED) is 0.681. The second kappa shape index (κ2) is 10.5. The van der Waals surface area contributed by atoms with Gasteiger partial charge in [-0.05, 0) is 56.8 Å². The Morgan fingerprint density at radius 2 is 1.72 bits per heavy atom. The van der Waals surface area contributed by atoms with Crippen LogP contribution in [-0.2, 0) is 16.1 Å². The van der Waals surface area contributed by atoms with Crippen LogP contribution in [0.25, 0.3) is 0 Å². The van der Waals surface area contributed by atoms with Gasteiger partial charge in [0.25, 0.3) is 0 Å². The third-order valence-electron chi connectivity index (χ3n) is 5.50. The maximum atomic E-state index is 12.7. The summed E-state index contributed by atoms with van der Waals surface area (Å²) in [6, 6.07) is 17.6. The lowest BCUT2D eigenvalue weighted by Crippen LogP contribution is -2.48. The van der Waals surface area contributed by atoms with Gasteiger partial charge < -0.3 is 10.6 Å². The number of carbonyl (C=O) groups excluding carboxylic acids is 2. The van der Waals surface area contributed by atoms with Crippen molar-refractivity contribution in [2.45, 2.75) is 37.2 Å². The zero-order chi connectivity index (χ0) is 20.6. The molecule has 2 aromatic carbocycles. The molecule has 1 unspecified atom stereocenters. The molecule has 0 saturated carbocycles. The Hall–Kier alpha value is -2.31. The SMILES string of the molecule is CSc1ccccc1NC(=O)C(C)N1CCC(C(=O)NCc2ccccc2)CC1. The van der Waals surface area contributed by atoms with E-state index in [1.165, 1.54) is 0 Å². The van der Waals surface area contributed by atoms with E-state index in [4.69, 9.17) is 0 Å². The van der Waals surface area contributed by atoms with E-state index >= 15 is 0 Å². The van der Waals surface area contributed by atoms with Crippen LogP contribution in [0.1, 0.15) is 25.3 Å². The number of anilines is 1. The number of nitrogens with one attached hydrogen (secondary N) is 2. The predicted molar refractivity (Wildman–Crippen MR) is 119 cm³/mol. The Morgan fingerprint density at radius 3 is 2.41 bits per heavy atom. The van der Waals surface area contributed by atoms with E-state index in [-0.39, 0.29) is 23.8 Å². The smallest absolute Gasteiger partial charge is 0.241 e. The van der Waals surface area contributed by atoms with Gasteiger partial charge in [0.05, 0.1) is 11.7 Å². The topological polar surface area (TPSA) is 61.4 Å². The zero-order valence-electron chi connectivity index (χ0n) is 17.1. The third-order valence-corrected chi connectivity index (χ3v) is 6.30. The molecule has 2 aromatic rings. The van der Waals surface area contributed by atoms with Crippen LogP contribution in [0, 0.1) is 5.92 Å². The van der Waals surface area contributed by atoms with E-state index in [0.29, 0.717) is 6.54 Å². The molecule has 1 saturated heterocycles. The van der Waals surface area contributed by atoms with E-state index in [0.717, 1.165) is 42.1 Å². The van der Waals surface area contributed by atoms with Crippen molar-refractivity contribution in [3.05, 3.63) is 60.2 Å². The first-order chi connectivity index (χ1) is 14.1. The van der Waals surface area contributed by atoms with Crippen molar-refractivity contribution >= 4 is 29.3 Å². The minimum absolute atomic E-state index is 0.00141. The van der Waals surface area contributed by atoms with Crippen LogP contribution in [0.5, 0.6) is 0 Å². The van der Waals surface area contributed by atoms with Gasteiger partial charge in [-0.2, -0.15) is 0 Å². The Bertz CT molecular complexity index is 820. The van der Waals surface area contributed by atoms with Gasteiger partial charge in [0, 0.05) is 17.4 Å². The summed E-state index contributed by atoms with van der Waals surface area (Å²) in [6.45, 7) is 4.00. The molecule has 0 radical (unpaired) electrons. The molecular formula is C23H29N3O2S. The van der Waals surface area contributed by atoms with Gasteiger partial charge in [0.2, 0.25) is 11.8 Å². The van der Waals surface area contributed by atoms with Crippen molar-refractivity contribution < 1.29 is 9.59 Å². The summed E-state index contributed by atoms with van der Waals surface area (Å²) >= 11 is 1.62. The lowest BCUT2D eigenvalue weighted by molar-refractivity contribution is -0.127. The molecule has 154 valence electrons. The first-order valence-corrected chi connectivity index (χ1v) is 11.3. The molecule has 2 N–H and O–H groups in total. The molecule has 0 spiro atoms. The number of carbonyl (C=O) groups is 2. The Labute approximate surface area is 177 Å². The third kappa shape index (κ3) is 5.84. The molecule has 0 aliphatic carbocycles. The van der Waals surface area contributed by atoms with Crippen LogP contribution in [0.2, 0.25) is 0 Å². The summed E-state index contributed by atoms with van der Waals surface area (Å²) in [5, 5.41) is 6.09. The summed E-state index contributed by atoms with van der Waals surface area (Å²) in [7, 11) is 0. The molecule has 6 heteroatoms. The Balaban J connectivity index is 1.46. The van der Waals surface area contributed by atoms with Gasteiger partial charge >= 0.3 is 0 Å². The molecule has 1 heterocycles. The molecule has 1 atom stereocenters. The lowest BCUT2D eigenvalue weighted by Gasteiger charge is -2.34. The van der Waals surface area contributed by atoms with Gasteiger partial charge in [-0.3, -0.25) is 14.5 Å². The van der Waals surface area contributed by atoms with Crippen LogP contribution in [0.3, 0.4) is 0 Å². The molecule has 5 nitrogen and oxygen atoms in total. The highest BCUT2D eigenvalue weighted by atomic mass is 32.2. The summed E-state index contributed by atoms with van der Waals surface area (Å²) in [6.07, 6.45) is 3.56. The van der Waals surface area contributed by atoms with E-state index in [2.05, 4.69) is 15.5 Å². The Morgan fingerprint density at radius 1 is 1.07 bits per heavy atom. The largest absolute Gasteiger partial charge is 0.352 e. The van der Waals surface area contributed by atoms with E-state index < -0.39 is 0 Å². The number of para-hydroxylation sites is 1. The predicted octanol–water partition coefficient (Wildman–Crippen LogP) is 3.76. The van der Waals surface area contributed by atoms with Gasteiger partial charge in [-0.1, -0.05) is 42.5 Å². The van der Waals surface area contributed by atoms with Crippen molar-refractivity contribution in [2.75, 3.05) is 24.7 Å². The maximum absolute atomic E-state index is 12.7. The second-order valence-electron chi connectivity index (χ2n) is 7.38. The number of hydrogen-bond acceptors (Lipinski definition) is 4. The van der Waals surface area contributed by atoms with E-state index in [1.807, 2.05) is 67.8 Å². The van der Waals surface area contributed by atoms with Crippen LogP contribution in [0.15, 0.2) is 59.5 Å². The highest BCUT2D eigenvalue weighted by Gasteiger charge is 2.29. The minimum Gasteiger partial charge on any atom is -0.352 e. The molecule has 0 aromatic heterocycles. The monoisotopic (exact) mass is 411 g/mol. The number of rotatable bonds is 7. The lowest BCUT2D eigenvalue weighted by atomic mass is 9.94. The average molecular weight is 412 g/mol. The van der Waals surface area contributed by atoms with Crippen molar-refractivity contribution in [2.24, 2.45) is 5.92 Å². The maximum Gasteiger partial charge on any atom is 0.241 e. The molecule has 1 aliphatic rings. The summed E-state index contributed by atoms with van der Waals surface area (Å²) in [4.78, 5) is 28.4. The average Bonchev–Trinajstić information content (AvgIpc) is 2.78. The van der Waals surface area contributed by atoms with Crippen LogP contribution in [0.4, 0.5) is 5.69 Å². The molecule has 0 bridgehead atoms. The van der Waals surface area contributed by atoms with Crippen molar-refractivity contribution in [3.63, 3.8) is 0 Å². The van der Waals surface area contributed by atoms with Crippen molar-refractivity contribution in [3.8, 4) is 0 Å². The molecule has 3 rings (SSSR count). The number of nitrogens with zero attached hydrogens (tertiary/aromatic N) is 1. The number of hydrogen-bond donors (Lipinski definition) is 2. The van der Waals surface area contributed by atoms with Crippen LogP contribution < -0.4 is 10.6 Å². The summed E-state index contributed by atoms with van der Waals surface area (Å²) < 4.78 is 0. The highest BCUT2D eigenvalue weighted by Crippen LogP contribution is 2.25. The first kappa shape index (κ1) is 21.4. The molecule has 1 fully saturated rings. The number of piperidine rings is 1.